The molecule has 0 aliphatic carbocycles. The lowest BCUT2D eigenvalue weighted by Crippen LogP contribution is -2.09. The third-order valence-corrected chi connectivity index (χ3v) is 3.09. The summed E-state index contributed by atoms with van der Waals surface area (Å²) >= 11 is 0. The lowest BCUT2D eigenvalue weighted by molar-refractivity contribution is 0.348. The standard InChI is InChI=1S/C14H15N5O/c1-2-3-10(15)14-18-13(19-20-14)9-4-5-11-12(8-9)17-7-6-16-11/h4-8,10H,2-3,15H2,1H3/t10-/m0/s1. The molecule has 0 radical (unpaired) electrons. The Morgan fingerprint density at radius 3 is 2.80 bits per heavy atom. The maximum atomic E-state index is 5.97. The van der Waals surface area contributed by atoms with Crippen molar-refractivity contribution in [3.8, 4) is 11.4 Å². The Morgan fingerprint density at radius 2 is 2.00 bits per heavy atom. The first-order valence-corrected chi connectivity index (χ1v) is 6.58. The summed E-state index contributed by atoms with van der Waals surface area (Å²) in [7, 11) is 0. The topological polar surface area (TPSA) is 90.7 Å². The fourth-order valence-corrected chi connectivity index (χ4v) is 2.04. The van der Waals surface area contributed by atoms with Crippen molar-refractivity contribution in [3.63, 3.8) is 0 Å². The summed E-state index contributed by atoms with van der Waals surface area (Å²) in [6.07, 6.45) is 5.12. The minimum Gasteiger partial charge on any atom is -0.337 e. The molecule has 0 aliphatic heterocycles. The van der Waals surface area contributed by atoms with Crippen molar-refractivity contribution in [3.05, 3.63) is 36.5 Å². The van der Waals surface area contributed by atoms with Gasteiger partial charge in [0.25, 0.3) is 0 Å². The van der Waals surface area contributed by atoms with E-state index >= 15 is 0 Å². The maximum Gasteiger partial charge on any atom is 0.243 e. The van der Waals surface area contributed by atoms with Crippen LogP contribution in [-0.2, 0) is 0 Å². The molecule has 2 N–H and O–H groups in total. The number of rotatable bonds is 4. The van der Waals surface area contributed by atoms with Gasteiger partial charge in [-0.05, 0) is 24.6 Å². The van der Waals surface area contributed by atoms with Gasteiger partial charge in [-0.1, -0.05) is 18.5 Å². The van der Waals surface area contributed by atoms with Crippen LogP contribution < -0.4 is 5.73 Å². The third kappa shape index (κ3) is 2.37. The van der Waals surface area contributed by atoms with Crippen LogP contribution in [0.1, 0.15) is 31.7 Å². The second-order valence-electron chi connectivity index (χ2n) is 4.61. The van der Waals surface area contributed by atoms with Gasteiger partial charge in [-0.25, -0.2) is 0 Å². The predicted molar refractivity (Wildman–Crippen MR) is 74.7 cm³/mol. The summed E-state index contributed by atoms with van der Waals surface area (Å²) in [6, 6.07) is 5.47. The summed E-state index contributed by atoms with van der Waals surface area (Å²) in [5, 5.41) is 3.98. The summed E-state index contributed by atoms with van der Waals surface area (Å²) < 4.78 is 5.22. The van der Waals surface area contributed by atoms with Crippen molar-refractivity contribution in [1.29, 1.82) is 0 Å². The van der Waals surface area contributed by atoms with E-state index in [0.29, 0.717) is 11.7 Å². The highest BCUT2D eigenvalue weighted by Gasteiger charge is 2.15. The van der Waals surface area contributed by atoms with Gasteiger partial charge >= 0.3 is 0 Å². The Labute approximate surface area is 116 Å². The molecule has 6 nitrogen and oxygen atoms in total. The zero-order valence-electron chi connectivity index (χ0n) is 11.2. The molecular formula is C14H15N5O. The highest BCUT2D eigenvalue weighted by molar-refractivity contribution is 5.79. The number of aromatic nitrogens is 4. The van der Waals surface area contributed by atoms with Gasteiger partial charge < -0.3 is 10.3 Å². The zero-order chi connectivity index (χ0) is 13.9. The van der Waals surface area contributed by atoms with E-state index in [2.05, 4.69) is 27.0 Å². The predicted octanol–water partition coefficient (Wildman–Crippen LogP) is 2.48. The van der Waals surface area contributed by atoms with E-state index < -0.39 is 0 Å². The molecule has 0 fully saturated rings. The Kier molecular flexibility index (Phi) is 3.39. The highest BCUT2D eigenvalue weighted by atomic mass is 16.5. The van der Waals surface area contributed by atoms with Gasteiger partial charge in [0.2, 0.25) is 11.7 Å². The van der Waals surface area contributed by atoms with Crippen molar-refractivity contribution in [2.75, 3.05) is 0 Å². The van der Waals surface area contributed by atoms with Crippen molar-refractivity contribution in [2.24, 2.45) is 5.73 Å². The number of nitrogens with two attached hydrogens (primary N) is 1. The maximum absolute atomic E-state index is 5.97. The largest absolute Gasteiger partial charge is 0.337 e. The second kappa shape index (κ2) is 5.34. The minimum absolute atomic E-state index is 0.207. The zero-order valence-corrected chi connectivity index (χ0v) is 11.2. The SMILES string of the molecule is CCC[C@H](N)c1nc(-c2ccc3nccnc3c2)no1. The molecule has 3 rings (SSSR count). The minimum atomic E-state index is -0.207. The lowest BCUT2D eigenvalue weighted by Gasteiger charge is -2.02. The summed E-state index contributed by atoms with van der Waals surface area (Å²) in [5.74, 6) is 1.00. The molecule has 1 atom stereocenters. The van der Waals surface area contributed by atoms with Crippen molar-refractivity contribution >= 4 is 11.0 Å². The fourth-order valence-electron chi connectivity index (χ4n) is 2.04. The molecule has 0 amide bonds. The molecular weight excluding hydrogens is 254 g/mol. The Hall–Kier alpha value is -2.34. The number of hydrogen-bond acceptors (Lipinski definition) is 6. The van der Waals surface area contributed by atoms with Gasteiger partial charge in [-0.15, -0.1) is 0 Å². The van der Waals surface area contributed by atoms with Crippen LogP contribution in [0, 0.1) is 0 Å². The van der Waals surface area contributed by atoms with E-state index in [0.717, 1.165) is 29.4 Å². The van der Waals surface area contributed by atoms with Crippen LogP contribution in [0.3, 0.4) is 0 Å². The molecule has 0 unspecified atom stereocenters. The smallest absolute Gasteiger partial charge is 0.243 e. The van der Waals surface area contributed by atoms with Crippen LogP contribution in [0.25, 0.3) is 22.4 Å². The molecule has 0 saturated heterocycles. The normalized spacial score (nSPS) is 12.7. The fraction of sp³-hybridized carbons (Fsp3) is 0.286. The molecule has 1 aromatic carbocycles. The summed E-state index contributed by atoms with van der Waals surface area (Å²) in [6.45, 7) is 2.07. The number of fused-ring (bicyclic) bond motifs is 1. The molecule has 0 spiro atoms. The summed E-state index contributed by atoms with van der Waals surface area (Å²) in [4.78, 5) is 12.8. The van der Waals surface area contributed by atoms with Gasteiger partial charge in [0.15, 0.2) is 0 Å². The Bertz CT molecular complexity index is 724. The average Bonchev–Trinajstić information content (AvgIpc) is 2.97. The van der Waals surface area contributed by atoms with Crippen LogP contribution in [0.4, 0.5) is 0 Å². The monoisotopic (exact) mass is 269 g/mol. The third-order valence-electron chi connectivity index (χ3n) is 3.09. The van der Waals surface area contributed by atoms with E-state index in [1.165, 1.54) is 0 Å². The number of hydrogen-bond donors (Lipinski definition) is 1. The van der Waals surface area contributed by atoms with Gasteiger partial charge in [0, 0.05) is 18.0 Å². The summed E-state index contributed by atoms with van der Waals surface area (Å²) in [5.41, 5.74) is 8.45. The number of nitrogens with zero attached hydrogens (tertiary/aromatic N) is 4. The van der Waals surface area contributed by atoms with Gasteiger partial charge in [-0.3, -0.25) is 9.97 Å². The molecule has 20 heavy (non-hydrogen) atoms. The second-order valence-corrected chi connectivity index (χ2v) is 4.61. The van der Waals surface area contributed by atoms with Gasteiger partial charge in [-0.2, -0.15) is 4.98 Å². The molecule has 2 aromatic heterocycles. The molecule has 0 aliphatic rings. The van der Waals surface area contributed by atoms with Gasteiger partial charge in [0.05, 0.1) is 17.1 Å². The quantitative estimate of drug-likeness (QED) is 0.782. The number of benzene rings is 1. The Morgan fingerprint density at radius 1 is 1.20 bits per heavy atom. The highest BCUT2D eigenvalue weighted by Crippen LogP contribution is 2.22. The lowest BCUT2D eigenvalue weighted by atomic mass is 10.1. The van der Waals surface area contributed by atoms with Crippen molar-refractivity contribution in [2.45, 2.75) is 25.8 Å². The van der Waals surface area contributed by atoms with E-state index in [4.69, 9.17) is 10.3 Å². The van der Waals surface area contributed by atoms with Crippen LogP contribution in [-0.4, -0.2) is 20.1 Å². The van der Waals surface area contributed by atoms with Crippen LogP contribution >= 0.6 is 0 Å². The molecule has 3 aromatic rings. The first kappa shape index (κ1) is 12.7. The molecule has 102 valence electrons. The molecule has 0 bridgehead atoms. The molecule has 2 heterocycles. The van der Waals surface area contributed by atoms with E-state index in [-0.39, 0.29) is 6.04 Å². The van der Waals surface area contributed by atoms with E-state index in [1.807, 2.05) is 18.2 Å². The van der Waals surface area contributed by atoms with Crippen LogP contribution in [0.5, 0.6) is 0 Å². The first-order valence-electron chi connectivity index (χ1n) is 6.58. The van der Waals surface area contributed by atoms with E-state index in [1.54, 1.807) is 12.4 Å². The first-order chi connectivity index (χ1) is 9.78. The molecule has 0 saturated carbocycles. The van der Waals surface area contributed by atoms with E-state index in [9.17, 15) is 0 Å². The molecule has 6 heteroatoms. The van der Waals surface area contributed by atoms with Crippen molar-refractivity contribution < 1.29 is 4.52 Å². The average molecular weight is 269 g/mol. The van der Waals surface area contributed by atoms with Crippen LogP contribution in [0.15, 0.2) is 35.1 Å². The van der Waals surface area contributed by atoms with Gasteiger partial charge in [0.1, 0.15) is 0 Å². The van der Waals surface area contributed by atoms with Crippen LogP contribution in [0.2, 0.25) is 0 Å². The van der Waals surface area contributed by atoms with Crippen molar-refractivity contribution in [1.82, 2.24) is 20.1 Å². The Balaban J connectivity index is 1.94.